The third-order valence-electron chi connectivity index (χ3n) is 4.53. The summed E-state index contributed by atoms with van der Waals surface area (Å²) in [6.45, 7) is 0.483. The van der Waals surface area contributed by atoms with Gasteiger partial charge in [0, 0.05) is 23.3 Å². The van der Waals surface area contributed by atoms with E-state index in [0.29, 0.717) is 36.5 Å². The van der Waals surface area contributed by atoms with Crippen molar-refractivity contribution in [1.82, 2.24) is 0 Å². The van der Waals surface area contributed by atoms with Crippen LogP contribution < -0.4 is 14.8 Å². The smallest absolute Gasteiger partial charge is 0.224 e. The van der Waals surface area contributed by atoms with Gasteiger partial charge in [-0.1, -0.05) is 36.4 Å². The number of para-hydroxylation sites is 2. The Morgan fingerprint density at radius 3 is 2.57 bits per heavy atom. The first kappa shape index (κ1) is 17.9. The fourth-order valence-electron chi connectivity index (χ4n) is 3.17. The number of carbonyl (C=O) groups excluding carboxylic acids is 1. The monoisotopic (exact) mass is 375 g/mol. The van der Waals surface area contributed by atoms with Crippen LogP contribution in [0.2, 0.25) is 0 Å². The van der Waals surface area contributed by atoms with Crippen molar-refractivity contribution in [2.75, 3.05) is 19.0 Å². The third kappa shape index (κ3) is 3.78. The molecule has 0 saturated heterocycles. The Morgan fingerprint density at radius 2 is 1.75 bits per heavy atom. The number of furan rings is 1. The second-order valence-corrected chi connectivity index (χ2v) is 6.46. The van der Waals surface area contributed by atoms with Gasteiger partial charge in [0.1, 0.15) is 22.7 Å². The number of nitrogens with one attached hydrogen (secondary N) is 1. The van der Waals surface area contributed by atoms with Crippen molar-refractivity contribution < 1.29 is 18.7 Å². The second kappa shape index (κ2) is 8.05. The van der Waals surface area contributed by atoms with Gasteiger partial charge in [-0.25, -0.2) is 0 Å². The molecule has 0 bridgehead atoms. The van der Waals surface area contributed by atoms with Gasteiger partial charge in [0.2, 0.25) is 5.91 Å². The van der Waals surface area contributed by atoms with Crippen molar-refractivity contribution >= 4 is 33.5 Å². The van der Waals surface area contributed by atoms with E-state index < -0.39 is 0 Å². The van der Waals surface area contributed by atoms with Crippen LogP contribution in [0.3, 0.4) is 0 Å². The standard InChI is InChI=1S/C23H21NO4/c1-26-22-14-18-17-10-5-6-11-20(17)28-21(18)15-19(22)24-23(25)12-7-13-27-16-8-3-2-4-9-16/h2-6,8-11,14-15H,7,12-13H2,1H3,(H,24,25). The summed E-state index contributed by atoms with van der Waals surface area (Å²) in [5.41, 5.74) is 2.12. The largest absolute Gasteiger partial charge is 0.495 e. The molecule has 1 amide bonds. The lowest BCUT2D eigenvalue weighted by atomic mass is 10.1. The number of methoxy groups -OCH3 is 1. The van der Waals surface area contributed by atoms with E-state index >= 15 is 0 Å². The summed E-state index contributed by atoms with van der Waals surface area (Å²) in [5, 5.41) is 4.90. The van der Waals surface area contributed by atoms with Crippen LogP contribution in [0.4, 0.5) is 5.69 Å². The lowest BCUT2D eigenvalue weighted by molar-refractivity contribution is -0.116. The molecule has 0 atom stereocenters. The summed E-state index contributed by atoms with van der Waals surface area (Å²) in [4.78, 5) is 12.3. The maximum absolute atomic E-state index is 12.3. The number of ether oxygens (including phenoxy) is 2. The van der Waals surface area contributed by atoms with Crippen LogP contribution in [-0.2, 0) is 4.79 Å². The first-order chi connectivity index (χ1) is 13.7. The Labute approximate surface area is 162 Å². The van der Waals surface area contributed by atoms with Crippen molar-refractivity contribution in [1.29, 1.82) is 0 Å². The molecular formula is C23H21NO4. The SMILES string of the molecule is COc1cc2c(cc1NC(=O)CCCOc1ccccc1)oc1ccccc12. The highest BCUT2D eigenvalue weighted by molar-refractivity contribution is 6.07. The number of hydrogen-bond acceptors (Lipinski definition) is 4. The zero-order valence-electron chi connectivity index (χ0n) is 15.6. The molecule has 3 aromatic carbocycles. The molecular weight excluding hydrogens is 354 g/mol. The van der Waals surface area contributed by atoms with Crippen molar-refractivity contribution in [2.24, 2.45) is 0 Å². The molecule has 0 aliphatic rings. The van der Waals surface area contributed by atoms with E-state index in [9.17, 15) is 4.79 Å². The number of carbonyl (C=O) groups is 1. The summed E-state index contributed by atoms with van der Waals surface area (Å²) in [6, 6.07) is 21.1. The lowest BCUT2D eigenvalue weighted by Crippen LogP contribution is -2.13. The van der Waals surface area contributed by atoms with E-state index in [1.54, 1.807) is 7.11 Å². The summed E-state index contributed by atoms with van der Waals surface area (Å²) in [6.07, 6.45) is 0.976. The molecule has 28 heavy (non-hydrogen) atoms. The minimum atomic E-state index is -0.0922. The Bertz CT molecular complexity index is 1100. The molecule has 4 rings (SSSR count). The average molecular weight is 375 g/mol. The molecule has 0 unspecified atom stereocenters. The summed E-state index contributed by atoms with van der Waals surface area (Å²) in [5.74, 6) is 1.32. The third-order valence-corrected chi connectivity index (χ3v) is 4.53. The molecule has 0 aliphatic carbocycles. The van der Waals surface area contributed by atoms with Crippen LogP contribution in [-0.4, -0.2) is 19.6 Å². The summed E-state index contributed by atoms with van der Waals surface area (Å²) in [7, 11) is 1.59. The molecule has 0 radical (unpaired) electrons. The van der Waals surface area contributed by atoms with Crippen molar-refractivity contribution in [2.45, 2.75) is 12.8 Å². The van der Waals surface area contributed by atoms with Gasteiger partial charge in [-0.2, -0.15) is 0 Å². The molecule has 4 aromatic rings. The Balaban J connectivity index is 1.43. The fourth-order valence-corrected chi connectivity index (χ4v) is 3.17. The van der Waals surface area contributed by atoms with Crippen LogP contribution in [0.1, 0.15) is 12.8 Å². The maximum Gasteiger partial charge on any atom is 0.224 e. The van der Waals surface area contributed by atoms with Crippen LogP contribution in [0.15, 0.2) is 71.1 Å². The Hall–Kier alpha value is -3.47. The molecule has 5 heteroatoms. The Morgan fingerprint density at radius 1 is 0.964 bits per heavy atom. The van der Waals surface area contributed by atoms with E-state index in [2.05, 4.69) is 5.32 Å². The number of rotatable bonds is 7. The van der Waals surface area contributed by atoms with Crippen molar-refractivity contribution in [3.8, 4) is 11.5 Å². The van der Waals surface area contributed by atoms with Crippen LogP contribution >= 0.6 is 0 Å². The number of hydrogen-bond donors (Lipinski definition) is 1. The highest BCUT2D eigenvalue weighted by atomic mass is 16.5. The van der Waals surface area contributed by atoms with E-state index in [1.165, 1.54) is 0 Å². The van der Waals surface area contributed by atoms with E-state index in [-0.39, 0.29) is 5.91 Å². The van der Waals surface area contributed by atoms with Crippen molar-refractivity contribution in [3.63, 3.8) is 0 Å². The fraction of sp³-hybridized carbons (Fsp3) is 0.174. The lowest BCUT2D eigenvalue weighted by Gasteiger charge is -2.11. The van der Waals surface area contributed by atoms with Gasteiger partial charge in [0.05, 0.1) is 19.4 Å². The predicted octanol–water partition coefficient (Wildman–Crippen LogP) is 5.39. The quantitative estimate of drug-likeness (QED) is 0.440. The zero-order valence-corrected chi connectivity index (χ0v) is 15.6. The normalized spacial score (nSPS) is 10.9. The molecule has 0 fully saturated rings. The molecule has 1 aromatic heterocycles. The molecule has 5 nitrogen and oxygen atoms in total. The summed E-state index contributed by atoms with van der Waals surface area (Å²) >= 11 is 0. The molecule has 0 aliphatic heterocycles. The molecule has 0 saturated carbocycles. The second-order valence-electron chi connectivity index (χ2n) is 6.46. The number of fused-ring (bicyclic) bond motifs is 3. The van der Waals surface area contributed by atoms with Gasteiger partial charge in [-0.15, -0.1) is 0 Å². The molecule has 0 spiro atoms. The molecule has 1 N–H and O–H groups in total. The minimum Gasteiger partial charge on any atom is -0.495 e. The highest BCUT2D eigenvalue weighted by Gasteiger charge is 2.14. The van der Waals surface area contributed by atoms with Gasteiger partial charge in [-0.3, -0.25) is 4.79 Å². The van der Waals surface area contributed by atoms with Gasteiger partial charge >= 0.3 is 0 Å². The van der Waals surface area contributed by atoms with Gasteiger partial charge in [0.25, 0.3) is 0 Å². The summed E-state index contributed by atoms with van der Waals surface area (Å²) < 4.78 is 17.0. The van der Waals surface area contributed by atoms with E-state index in [4.69, 9.17) is 13.9 Å². The number of benzene rings is 3. The zero-order chi connectivity index (χ0) is 19.3. The number of amides is 1. The molecule has 142 valence electrons. The van der Waals surface area contributed by atoms with E-state index in [1.807, 2.05) is 66.7 Å². The van der Waals surface area contributed by atoms with Crippen LogP contribution in [0.25, 0.3) is 21.9 Å². The highest BCUT2D eigenvalue weighted by Crippen LogP contribution is 2.36. The van der Waals surface area contributed by atoms with Gasteiger partial charge < -0.3 is 19.2 Å². The van der Waals surface area contributed by atoms with Crippen LogP contribution in [0, 0.1) is 0 Å². The van der Waals surface area contributed by atoms with E-state index in [0.717, 1.165) is 22.1 Å². The maximum atomic E-state index is 12.3. The minimum absolute atomic E-state index is 0.0922. The molecule has 1 heterocycles. The first-order valence-electron chi connectivity index (χ1n) is 9.21. The van der Waals surface area contributed by atoms with Gasteiger partial charge in [0.15, 0.2) is 0 Å². The number of anilines is 1. The Kier molecular flexibility index (Phi) is 5.15. The first-order valence-corrected chi connectivity index (χ1v) is 9.21. The van der Waals surface area contributed by atoms with Crippen molar-refractivity contribution in [3.05, 3.63) is 66.7 Å². The topological polar surface area (TPSA) is 60.7 Å². The van der Waals surface area contributed by atoms with Gasteiger partial charge in [-0.05, 0) is 30.7 Å². The van der Waals surface area contributed by atoms with Crippen LogP contribution in [0.5, 0.6) is 11.5 Å². The predicted molar refractivity (Wildman–Crippen MR) is 110 cm³/mol. The average Bonchev–Trinajstić information content (AvgIpc) is 3.08.